The Morgan fingerprint density at radius 1 is 1.38 bits per heavy atom. The number of aliphatic carboxylic acids is 1. The van der Waals surface area contributed by atoms with Gasteiger partial charge in [0.1, 0.15) is 18.8 Å². The number of rotatable bonds is 7. The van der Waals surface area contributed by atoms with Gasteiger partial charge >= 0.3 is 12.1 Å². The van der Waals surface area contributed by atoms with Gasteiger partial charge in [-0.1, -0.05) is 11.6 Å². The molecule has 134 valence electrons. The third-order valence-corrected chi connectivity index (χ3v) is 2.60. The Morgan fingerprint density at radius 2 is 2.00 bits per heavy atom. The van der Waals surface area contributed by atoms with Crippen molar-refractivity contribution in [2.75, 3.05) is 18.5 Å². The van der Waals surface area contributed by atoms with Crippen LogP contribution in [0.25, 0.3) is 0 Å². The third kappa shape index (κ3) is 6.20. The number of carbonyl (C=O) groups is 2. The van der Waals surface area contributed by atoms with E-state index in [0.29, 0.717) is 6.07 Å². The van der Waals surface area contributed by atoms with E-state index in [1.54, 1.807) is 0 Å². The second-order valence-electron chi connectivity index (χ2n) is 4.77. The Bertz CT molecular complexity index is 622. The summed E-state index contributed by atoms with van der Waals surface area (Å²) in [4.78, 5) is 25.4. The van der Waals surface area contributed by atoms with Crippen LogP contribution in [-0.2, 0) is 20.5 Å². The molecule has 24 heavy (non-hydrogen) atoms. The fourth-order valence-electron chi connectivity index (χ4n) is 1.48. The Labute approximate surface area is 139 Å². The van der Waals surface area contributed by atoms with E-state index in [0.717, 1.165) is 0 Å². The molecule has 0 aromatic carbocycles. The van der Waals surface area contributed by atoms with Crippen molar-refractivity contribution < 1.29 is 37.3 Å². The van der Waals surface area contributed by atoms with Gasteiger partial charge in [0, 0.05) is 0 Å². The van der Waals surface area contributed by atoms with E-state index in [9.17, 15) is 22.8 Å². The molecule has 0 unspecified atom stereocenters. The van der Waals surface area contributed by atoms with Crippen LogP contribution in [0.15, 0.2) is 6.07 Å². The molecule has 0 saturated carbocycles. The first-order valence-electron chi connectivity index (χ1n) is 6.54. The molecule has 2 N–H and O–H groups in total. The lowest BCUT2D eigenvalue weighted by Gasteiger charge is -2.17. The van der Waals surface area contributed by atoms with E-state index in [4.69, 9.17) is 21.4 Å². The van der Waals surface area contributed by atoms with Crippen molar-refractivity contribution in [1.29, 1.82) is 0 Å². The highest BCUT2D eigenvalue weighted by atomic mass is 35.5. The number of pyridine rings is 1. The predicted octanol–water partition coefficient (Wildman–Crippen LogP) is 2.58. The standard InChI is InChI=1S/C13H14ClF3N2O5/c1-6(2)24-12-7(13(15,16)17)3-8(14)11(19-12)18-9(20)4-23-5-10(21)22/h3,6H,4-5H2,1-2H3,(H,21,22)(H,18,19,20). The normalized spacial score (nSPS) is 11.5. The van der Waals surface area contributed by atoms with Crippen molar-refractivity contribution in [1.82, 2.24) is 4.98 Å². The molecule has 1 aromatic heterocycles. The van der Waals surface area contributed by atoms with Crippen LogP contribution in [0, 0.1) is 0 Å². The van der Waals surface area contributed by atoms with Crippen molar-refractivity contribution in [2.45, 2.75) is 26.1 Å². The number of hydrogen-bond acceptors (Lipinski definition) is 5. The average Bonchev–Trinajstić information content (AvgIpc) is 2.39. The smallest absolute Gasteiger partial charge is 0.421 e. The summed E-state index contributed by atoms with van der Waals surface area (Å²) in [6.45, 7) is 1.68. The lowest BCUT2D eigenvalue weighted by Crippen LogP contribution is -2.22. The van der Waals surface area contributed by atoms with Crippen molar-refractivity contribution in [3.05, 3.63) is 16.7 Å². The van der Waals surface area contributed by atoms with Gasteiger partial charge in [-0.25, -0.2) is 4.79 Å². The zero-order valence-electron chi connectivity index (χ0n) is 12.6. The highest BCUT2D eigenvalue weighted by Crippen LogP contribution is 2.39. The number of carboxylic acid groups (broad SMARTS) is 1. The zero-order valence-corrected chi connectivity index (χ0v) is 13.4. The van der Waals surface area contributed by atoms with E-state index >= 15 is 0 Å². The summed E-state index contributed by atoms with van der Waals surface area (Å²) in [5.41, 5.74) is -1.18. The largest absolute Gasteiger partial charge is 0.480 e. The molecule has 0 radical (unpaired) electrons. The molecule has 0 bridgehead atoms. The number of ether oxygens (including phenoxy) is 2. The molecule has 0 aliphatic heterocycles. The minimum absolute atomic E-state index is 0.357. The van der Waals surface area contributed by atoms with Gasteiger partial charge in [0.25, 0.3) is 5.91 Å². The molecule has 0 spiro atoms. The molecule has 0 aliphatic carbocycles. The van der Waals surface area contributed by atoms with Crippen LogP contribution >= 0.6 is 11.6 Å². The van der Waals surface area contributed by atoms with Gasteiger partial charge < -0.3 is 19.9 Å². The summed E-state index contributed by atoms with van der Waals surface area (Å²) in [5, 5.41) is 10.0. The van der Waals surface area contributed by atoms with Crippen LogP contribution in [0.1, 0.15) is 19.4 Å². The molecule has 11 heteroatoms. The molecule has 0 atom stereocenters. The SMILES string of the molecule is CC(C)Oc1nc(NC(=O)COCC(=O)O)c(Cl)cc1C(F)(F)F. The average molecular weight is 371 g/mol. The molecule has 0 fully saturated rings. The number of amides is 1. The van der Waals surface area contributed by atoms with Gasteiger partial charge in [-0.2, -0.15) is 18.2 Å². The lowest BCUT2D eigenvalue weighted by atomic mass is 10.2. The van der Waals surface area contributed by atoms with E-state index < -0.39 is 53.8 Å². The fourth-order valence-corrected chi connectivity index (χ4v) is 1.67. The molecule has 7 nitrogen and oxygen atoms in total. The Morgan fingerprint density at radius 3 is 2.50 bits per heavy atom. The fraction of sp³-hybridized carbons (Fsp3) is 0.462. The van der Waals surface area contributed by atoms with E-state index in [1.165, 1.54) is 13.8 Å². The second-order valence-corrected chi connectivity index (χ2v) is 5.18. The summed E-state index contributed by atoms with van der Waals surface area (Å²) in [5.74, 6) is -3.20. The number of nitrogens with zero attached hydrogens (tertiary/aromatic N) is 1. The number of hydrogen-bond donors (Lipinski definition) is 2. The number of nitrogens with one attached hydrogen (secondary N) is 1. The summed E-state index contributed by atoms with van der Waals surface area (Å²) in [6, 6.07) is 0.583. The Balaban J connectivity index is 2.99. The summed E-state index contributed by atoms with van der Waals surface area (Å²) < 4.78 is 48.5. The number of carbonyl (C=O) groups excluding carboxylic acids is 1. The number of halogens is 4. The van der Waals surface area contributed by atoms with Gasteiger partial charge in [-0.3, -0.25) is 4.79 Å². The van der Waals surface area contributed by atoms with Crippen LogP contribution in [0.3, 0.4) is 0 Å². The van der Waals surface area contributed by atoms with Crippen LogP contribution in [0.4, 0.5) is 19.0 Å². The maximum Gasteiger partial charge on any atom is 0.421 e. The van der Waals surface area contributed by atoms with Gasteiger partial charge in [-0.05, 0) is 19.9 Å². The van der Waals surface area contributed by atoms with Crippen LogP contribution in [0.2, 0.25) is 5.02 Å². The summed E-state index contributed by atoms with van der Waals surface area (Å²) in [6.07, 6.45) is -5.34. The van der Waals surface area contributed by atoms with Gasteiger partial charge in [0.2, 0.25) is 5.88 Å². The monoisotopic (exact) mass is 370 g/mol. The van der Waals surface area contributed by atoms with Crippen LogP contribution in [0.5, 0.6) is 5.88 Å². The zero-order chi connectivity index (χ0) is 18.5. The molecular weight excluding hydrogens is 357 g/mol. The van der Waals surface area contributed by atoms with Crippen molar-refractivity contribution in [2.24, 2.45) is 0 Å². The predicted molar refractivity (Wildman–Crippen MR) is 77.1 cm³/mol. The molecule has 0 aliphatic rings. The number of aromatic nitrogens is 1. The summed E-state index contributed by atoms with van der Waals surface area (Å²) >= 11 is 5.70. The first kappa shape index (κ1) is 20.0. The maximum atomic E-state index is 13.0. The van der Waals surface area contributed by atoms with Crippen molar-refractivity contribution >= 4 is 29.3 Å². The van der Waals surface area contributed by atoms with E-state index in [2.05, 4.69) is 15.0 Å². The maximum absolute atomic E-state index is 13.0. The van der Waals surface area contributed by atoms with E-state index in [1.807, 2.05) is 0 Å². The van der Waals surface area contributed by atoms with Gasteiger partial charge in [0.15, 0.2) is 5.82 Å². The third-order valence-electron chi connectivity index (χ3n) is 2.31. The number of carboxylic acids is 1. The first-order valence-corrected chi connectivity index (χ1v) is 6.92. The summed E-state index contributed by atoms with van der Waals surface area (Å²) in [7, 11) is 0. The number of anilines is 1. The van der Waals surface area contributed by atoms with Crippen molar-refractivity contribution in [3.63, 3.8) is 0 Å². The highest BCUT2D eigenvalue weighted by Gasteiger charge is 2.37. The Kier molecular flexibility index (Phi) is 6.79. The quantitative estimate of drug-likeness (QED) is 0.765. The lowest BCUT2D eigenvalue weighted by molar-refractivity contribution is -0.143. The molecule has 1 amide bonds. The van der Waals surface area contributed by atoms with Gasteiger partial charge in [0.05, 0.1) is 11.1 Å². The second kappa shape index (κ2) is 8.15. The van der Waals surface area contributed by atoms with Crippen LogP contribution in [-0.4, -0.2) is 41.3 Å². The minimum atomic E-state index is -4.74. The molecule has 1 aromatic rings. The minimum Gasteiger partial charge on any atom is -0.480 e. The molecule has 1 rings (SSSR count). The van der Waals surface area contributed by atoms with Crippen molar-refractivity contribution in [3.8, 4) is 5.88 Å². The first-order chi connectivity index (χ1) is 11.0. The molecule has 0 saturated heterocycles. The topological polar surface area (TPSA) is 97.8 Å². The molecule has 1 heterocycles. The van der Waals surface area contributed by atoms with Gasteiger partial charge in [-0.15, -0.1) is 0 Å². The van der Waals surface area contributed by atoms with Crippen LogP contribution < -0.4 is 10.1 Å². The highest BCUT2D eigenvalue weighted by molar-refractivity contribution is 6.33. The number of alkyl halides is 3. The molecular formula is C13H14ClF3N2O5. The Hall–Kier alpha value is -2.07. The van der Waals surface area contributed by atoms with E-state index in [-0.39, 0.29) is 5.82 Å².